The highest BCUT2D eigenvalue weighted by molar-refractivity contribution is 5.96. The first-order chi connectivity index (χ1) is 12.2. The van der Waals surface area contributed by atoms with Gasteiger partial charge < -0.3 is 19.7 Å². The van der Waals surface area contributed by atoms with E-state index >= 15 is 0 Å². The number of amides is 2. The lowest BCUT2D eigenvalue weighted by Gasteiger charge is -2.29. The van der Waals surface area contributed by atoms with Crippen LogP contribution in [0.4, 0.5) is 11.4 Å². The fourth-order valence-electron chi connectivity index (χ4n) is 3.10. The zero-order valence-electron chi connectivity index (χ0n) is 13.7. The number of para-hydroxylation sites is 2. The molecule has 6 nitrogen and oxygen atoms in total. The van der Waals surface area contributed by atoms with E-state index in [0.29, 0.717) is 37.5 Å². The van der Waals surface area contributed by atoms with Gasteiger partial charge in [0.05, 0.1) is 12.2 Å². The summed E-state index contributed by atoms with van der Waals surface area (Å²) < 4.78 is 11.3. The quantitative estimate of drug-likeness (QED) is 0.933. The molecular weight excluding hydrogens is 320 g/mol. The number of anilines is 2. The number of ether oxygens (including phenoxy) is 2. The lowest BCUT2D eigenvalue weighted by Crippen LogP contribution is -2.40. The summed E-state index contributed by atoms with van der Waals surface area (Å²) in [6, 6.07) is 13.0. The van der Waals surface area contributed by atoms with Crippen LogP contribution in [-0.2, 0) is 16.0 Å². The molecule has 2 heterocycles. The van der Waals surface area contributed by atoms with Gasteiger partial charge in [-0.2, -0.15) is 0 Å². The Labute approximate surface area is 145 Å². The van der Waals surface area contributed by atoms with Gasteiger partial charge in [-0.25, -0.2) is 0 Å². The highest BCUT2D eigenvalue weighted by Crippen LogP contribution is 2.31. The first-order valence-corrected chi connectivity index (χ1v) is 8.28. The lowest BCUT2D eigenvalue weighted by atomic mass is 10.0. The third kappa shape index (κ3) is 3.15. The van der Waals surface area contributed by atoms with Crippen molar-refractivity contribution in [2.45, 2.75) is 12.8 Å². The minimum absolute atomic E-state index is 0.0299. The van der Waals surface area contributed by atoms with Gasteiger partial charge in [0.15, 0.2) is 6.61 Å². The van der Waals surface area contributed by atoms with Gasteiger partial charge in [-0.1, -0.05) is 12.1 Å². The third-order valence-corrected chi connectivity index (χ3v) is 4.36. The summed E-state index contributed by atoms with van der Waals surface area (Å²) >= 11 is 0. The van der Waals surface area contributed by atoms with Crippen molar-refractivity contribution in [1.29, 1.82) is 0 Å². The molecule has 128 valence electrons. The number of benzene rings is 2. The Bertz CT molecular complexity index is 834. The molecule has 0 radical (unpaired) electrons. The van der Waals surface area contributed by atoms with Crippen LogP contribution in [0.3, 0.4) is 0 Å². The Kier molecular flexibility index (Phi) is 4.01. The fourth-order valence-corrected chi connectivity index (χ4v) is 3.10. The molecule has 0 unspecified atom stereocenters. The van der Waals surface area contributed by atoms with E-state index in [-0.39, 0.29) is 18.4 Å². The molecule has 0 spiro atoms. The van der Waals surface area contributed by atoms with Crippen LogP contribution in [0.5, 0.6) is 11.5 Å². The molecule has 25 heavy (non-hydrogen) atoms. The molecule has 0 aromatic heterocycles. The number of nitrogens with zero attached hydrogens (tertiary/aromatic N) is 1. The summed E-state index contributed by atoms with van der Waals surface area (Å²) in [5.41, 5.74) is 2.62. The Morgan fingerprint density at radius 3 is 3.00 bits per heavy atom. The number of nitrogens with one attached hydrogen (secondary N) is 1. The molecule has 6 heteroatoms. The average molecular weight is 338 g/mol. The van der Waals surface area contributed by atoms with Crippen LogP contribution in [0.1, 0.15) is 12.0 Å². The first kappa shape index (κ1) is 15.5. The maximum Gasteiger partial charge on any atom is 0.265 e. The van der Waals surface area contributed by atoms with Gasteiger partial charge in [0.25, 0.3) is 5.91 Å². The monoisotopic (exact) mass is 338 g/mol. The Balaban J connectivity index is 1.44. The van der Waals surface area contributed by atoms with Crippen LogP contribution < -0.4 is 19.7 Å². The highest BCUT2D eigenvalue weighted by atomic mass is 16.5. The van der Waals surface area contributed by atoms with Crippen LogP contribution in [-0.4, -0.2) is 31.6 Å². The number of carbonyl (C=O) groups is 2. The van der Waals surface area contributed by atoms with E-state index in [1.807, 2.05) is 36.4 Å². The molecule has 0 aliphatic carbocycles. The summed E-state index contributed by atoms with van der Waals surface area (Å²) in [5.74, 6) is 1.26. The summed E-state index contributed by atoms with van der Waals surface area (Å²) in [7, 11) is 0. The zero-order chi connectivity index (χ0) is 17.2. The summed E-state index contributed by atoms with van der Waals surface area (Å²) in [4.78, 5) is 25.6. The molecule has 4 rings (SSSR count). The fraction of sp³-hybridized carbons (Fsp3) is 0.263. The molecule has 1 N–H and O–H groups in total. The van der Waals surface area contributed by atoms with Crippen molar-refractivity contribution in [3.63, 3.8) is 0 Å². The molecule has 2 aliphatic rings. The number of hydrogen-bond acceptors (Lipinski definition) is 4. The second kappa shape index (κ2) is 6.47. The summed E-state index contributed by atoms with van der Waals surface area (Å²) in [6.45, 7) is 0.941. The highest BCUT2D eigenvalue weighted by Gasteiger charge is 2.23. The maximum absolute atomic E-state index is 12.6. The number of hydrogen-bond donors (Lipinski definition) is 1. The van der Waals surface area contributed by atoms with E-state index in [4.69, 9.17) is 9.47 Å². The van der Waals surface area contributed by atoms with Gasteiger partial charge in [0.2, 0.25) is 5.91 Å². The number of fused-ring (bicyclic) bond motifs is 2. The predicted molar refractivity (Wildman–Crippen MR) is 93.2 cm³/mol. The minimum atomic E-state index is -0.109. The molecule has 2 aromatic rings. The largest absolute Gasteiger partial charge is 0.490 e. The van der Waals surface area contributed by atoms with Gasteiger partial charge in [-0.3, -0.25) is 9.59 Å². The molecule has 0 saturated carbocycles. The lowest BCUT2D eigenvalue weighted by molar-refractivity contribution is -0.120. The number of rotatable bonds is 3. The van der Waals surface area contributed by atoms with Crippen LogP contribution in [0.15, 0.2) is 42.5 Å². The average Bonchev–Trinajstić information content (AvgIpc) is 2.65. The van der Waals surface area contributed by atoms with Crippen LogP contribution in [0.25, 0.3) is 0 Å². The van der Waals surface area contributed by atoms with Crippen LogP contribution >= 0.6 is 0 Å². The smallest absolute Gasteiger partial charge is 0.265 e. The van der Waals surface area contributed by atoms with Crippen molar-refractivity contribution in [3.8, 4) is 11.5 Å². The van der Waals surface area contributed by atoms with Gasteiger partial charge in [-0.05, 0) is 42.3 Å². The maximum atomic E-state index is 12.6. The molecule has 0 bridgehead atoms. The Morgan fingerprint density at radius 1 is 1.20 bits per heavy atom. The van der Waals surface area contributed by atoms with Gasteiger partial charge in [-0.15, -0.1) is 0 Å². The topological polar surface area (TPSA) is 67.9 Å². The van der Waals surface area contributed by atoms with E-state index in [1.54, 1.807) is 11.0 Å². The number of carbonyl (C=O) groups excluding carboxylic acids is 2. The van der Waals surface area contributed by atoms with Gasteiger partial charge >= 0.3 is 0 Å². The number of aryl methyl sites for hydroxylation is 1. The van der Waals surface area contributed by atoms with Crippen molar-refractivity contribution in [1.82, 2.24) is 0 Å². The molecular formula is C19H18N2O4. The minimum Gasteiger partial charge on any atom is -0.490 e. The second-order valence-electron chi connectivity index (χ2n) is 6.02. The SMILES string of the molecule is O=C1CCc2cc(OCC(=O)N3CCOc4ccccc43)ccc2N1. The standard InChI is InChI=1S/C19H18N2O4/c22-18-8-5-13-11-14(6-7-15(13)20-18)25-12-19(23)21-9-10-24-17-4-2-1-3-16(17)21/h1-4,6-7,11H,5,8-10,12H2,(H,20,22). The van der Waals surface area contributed by atoms with E-state index in [2.05, 4.69) is 5.32 Å². The third-order valence-electron chi connectivity index (χ3n) is 4.36. The van der Waals surface area contributed by atoms with E-state index in [1.165, 1.54) is 0 Å². The Hall–Kier alpha value is -3.02. The molecule has 2 aromatic carbocycles. The van der Waals surface area contributed by atoms with Gasteiger partial charge in [0.1, 0.15) is 18.1 Å². The first-order valence-electron chi connectivity index (χ1n) is 8.28. The van der Waals surface area contributed by atoms with Crippen molar-refractivity contribution in [3.05, 3.63) is 48.0 Å². The Morgan fingerprint density at radius 2 is 2.08 bits per heavy atom. The van der Waals surface area contributed by atoms with Gasteiger partial charge in [0, 0.05) is 12.1 Å². The molecule has 0 atom stereocenters. The zero-order valence-corrected chi connectivity index (χ0v) is 13.7. The van der Waals surface area contributed by atoms with E-state index in [0.717, 1.165) is 16.9 Å². The van der Waals surface area contributed by atoms with Crippen LogP contribution in [0, 0.1) is 0 Å². The van der Waals surface area contributed by atoms with Crippen LogP contribution in [0.2, 0.25) is 0 Å². The van der Waals surface area contributed by atoms with Crippen molar-refractivity contribution in [2.24, 2.45) is 0 Å². The summed E-state index contributed by atoms with van der Waals surface area (Å²) in [5, 5.41) is 2.83. The van der Waals surface area contributed by atoms with E-state index in [9.17, 15) is 9.59 Å². The molecule has 0 saturated heterocycles. The van der Waals surface area contributed by atoms with Crippen molar-refractivity contribution < 1.29 is 19.1 Å². The van der Waals surface area contributed by atoms with Crippen molar-refractivity contribution in [2.75, 3.05) is 30.0 Å². The summed E-state index contributed by atoms with van der Waals surface area (Å²) in [6.07, 6.45) is 1.16. The molecule has 2 aliphatic heterocycles. The molecule has 2 amide bonds. The van der Waals surface area contributed by atoms with Crippen molar-refractivity contribution >= 4 is 23.2 Å². The van der Waals surface area contributed by atoms with E-state index < -0.39 is 0 Å². The predicted octanol–water partition coefficient (Wildman–Crippen LogP) is 2.38. The molecule has 0 fully saturated rings. The normalized spacial score (nSPS) is 15.5. The second-order valence-corrected chi connectivity index (χ2v) is 6.02.